The average molecular weight is 336 g/mol. The molecule has 0 N–H and O–H groups in total. The van der Waals surface area contributed by atoms with Gasteiger partial charge in [-0.2, -0.15) is 0 Å². The topological polar surface area (TPSA) is 61.8 Å². The van der Waals surface area contributed by atoms with Crippen LogP contribution in [0.2, 0.25) is 6.04 Å². The molecule has 1 aromatic rings. The lowest BCUT2D eigenvalue weighted by Crippen LogP contribution is -2.55. The van der Waals surface area contributed by atoms with Gasteiger partial charge < -0.3 is 13.6 Å². The van der Waals surface area contributed by atoms with Crippen LogP contribution in [0.1, 0.15) is 33.6 Å². The molecule has 0 radical (unpaired) electrons. The third kappa shape index (κ3) is 4.65. The first-order valence-electron chi connectivity index (χ1n) is 7.88. The molecule has 0 atom stereocenters. The molecule has 0 aromatic heterocycles. The molecule has 1 aliphatic heterocycles. The van der Waals surface area contributed by atoms with Gasteiger partial charge in [0, 0.05) is 30.5 Å². The highest BCUT2D eigenvalue weighted by atomic mass is 28.4. The second-order valence-corrected chi connectivity index (χ2v) is 9.45. The Morgan fingerprint density at radius 1 is 1.13 bits per heavy atom. The molecule has 1 heterocycles. The van der Waals surface area contributed by atoms with Crippen molar-refractivity contribution in [1.29, 1.82) is 0 Å². The average Bonchev–Trinajstić information content (AvgIpc) is 2.45. The van der Waals surface area contributed by atoms with E-state index in [4.69, 9.17) is 13.6 Å². The smallest absolute Gasteiger partial charge is 0.482 e. The van der Waals surface area contributed by atoms with E-state index in [9.17, 15) is 9.59 Å². The van der Waals surface area contributed by atoms with Crippen LogP contribution in [0.3, 0.4) is 0 Å². The summed E-state index contributed by atoms with van der Waals surface area (Å²) in [7, 11) is -3.13. The Labute approximate surface area is 138 Å². The van der Waals surface area contributed by atoms with E-state index in [1.165, 1.54) is 13.8 Å². The molecule has 0 unspecified atom stereocenters. The van der Waals surface area contributed by atoms with E-state index in [0.717, 1.165) is 31.2 Å². The summed E-state index contributed by atoms with van der Waals surface area (Å²) in [6.07, 6.45) is 1.78. The van der Waals surface area contributed by atoms with E-state index in [1.54, 1.807) is 0 Å². The third-order valence-electron chi connectivity index (χ3n) is 4.02. The van der Waals surface area contributed by atoms with E-state index < -0.39 is 20.5 Å². The first-order valence-corrected chi connectivity index (χ1v) is 9.90. The summed E-state index contributed by atoms with van der Waals surface area (Å²) in [4.78, 5) is 23.3. The van der Waals surface area contributed by atoms with Gasteiger partial charge in [0.2, 0.25) is 0 Å². The highest BCUT2D eigenvalue weighted by Crippen LogP contribution is 2.33. The normalized spacial score (nSPS) is 16.3. The Kier molecular flexibility index (Phi) is 5.59. The van der Waals surface area contributed by atoms with Gasteiger partial charge in [0.15, 0.2) is 0 Å². The largest absolute Gasteiger partial charge is 0.499 e. The molecule has 0 aliphatic carbocycles. The molecule has 5 nitrogen and oxygen atoms in total. The standard InChI is InChI=1S/C17H24O5Si/c1-14(18)21-23(22-15(2)19,16-8-5-4-6-9-16)11-7-10-17(3)12-20-13-17/h4-6,8-9H,7,10-13H2,1-3H3. The Balaban J connectivity index is 2.19. The lowest BCUT2D eigenvalue weighted by Gasteiger charge is -2.39. The van der Waals surface area contributed by atoms with Crippen molar-refractivity contribution in [3.63, 3.8) is 0 Å². The van der Waals surface area contributed by atoms with Gasteiger partial charge in [-0.05, 0) is 12.8 Å². The molecule has 1 fully saturated rings. The van der Waals surface area contributed by atoms with Crippen molar-refractivity contribution in [1.82, 2.24) is 0 Å². The highest BCUT2D eigenvalue weighted by molar-refractivity contribution is 6.83. The molecule has 0 saturated carbocycles. The van der Waals surface area contributed by atoms with Gasteiger partial charge >= 0.3 is 8.56 Å². The molecule has 23 heavy (non-hydrogen) atoms. The van der Waals surface area contributed by atoms with Crippen LogP contribution in [0.4, 0.5) is 0 Å². The molecule has 0 bridgehead atoms. The summed E-state index contributed by atoms with van der Waals surface area (Å²) < 4.78 is 16.5. The fourth-order valence-electron chi connectivity index (χ4n) is 2.88. The van der Waals surface area contributed by atoms with Crippen LogP contribution >= 0.6 is 0 Å². The van der Waals surface area contributed by atoms with Gasteiger partial charge in [-0.3, -0.25) is 9.59 Å². The molecule has 126 valence electrons. The third-order valence-corrected chi connectivity index (χ3v) is 7.48. The summed E-state index contributed by atoms with van der Waals surface area (Å²) >= 11 is 0. The Bertz CT molecular complexity index is 537. The summed E-state index contributed by atoms with van der Waals surface area (Å²) in [5.41, 5.74) is 0.184. The van der Waals surface area contributed by atoms with Crippen molar-refractivity contribution >= 4 is 25.7 Å². The van der Waals surface area contributed by atoms with Gasteiger partial charge in [0.25, 0.3) is 11.9 Å². The van der Waals surface area contributed by atoms with Crippen LogP contribution in [0.25, 0.3) is 0 Å². The Hall–Kier alpha value is -1.66. The lowest BCUT2D eigenvalue weighted by molar-refractivity contribution is -0.138. The van der Waals surface area contributed by atoms with E-state index in [-0.39, 0.29) is 5.41 Å². The van der Waals surface area contributed by atoms with E-state index in [1.807, 2.05) is 30.3 Å². The van der Waals surface area contributed by atoms with Crippen molar-refractivity contribution in [3.05, 3.63) is 30.3 Å². The molecule has 1 saturated heterocycles. The van der Waals surface area contributed by atoms with Crippen molar-refractivity contribution in [2.75, 3.05) is 13.2 Å². The van der Waals surface area contributed by atoms with Crippen molar-refractivity contribution < 1.29 is 23.2 Å². The number of ether oxygens (including phenoxy) is 1. The van der Waals surface area contributed by atoms with Crippen LogP contribution in [-0.4, -0.2) is 33.7 Å². The van der Waals surface area contributed by atoms with Crippen LogP contribution < -0.4 is 5.19 Å². The van der Waals surface area contributed by atoms with Crippen molar-refractivity contribution in [2.45, 2.75) is 39.7 Å². The van der Waals surface area contributed by atoms with Crippen LogP contribution in [0.5, 0.6) is 0 Å². The minimum absolute atomic E-state index is 0.184. The molecule has 1 aliphatic rings. The maximum Gasteiger partial charge on any atom is 0.499 e. The lowest BCUT2D eigenvalue weighted by atomic mass is 9.84. The molecule has 6 heteroatoms. The molecule has 0 spiro atoms. The molecule has 2 rings (SSSR count). The number of rotatable bonds is 7. The van der Waals surface area contributed by atoms with Gasteiger partial charge in [0.05, 0.1) is 13.2 Å². The first-order chi connectivity index (χ1) is 10.9. The minimum atomic E-state index is -3.13. The van der Waals surface area contributed by atoms with Gasteiger partial charge in [-0.25, -0.2) is 0 Å². The zero-order valence-corrected chi connectivity index (χ0v) is 15.0. The number of benzene rings is 1. The minimum Gasteiger partial charge on any atom is -0.482 e. The quantitative estimate of drug-likeness (QED) is 0.715. The van der Waals surface area contributed by atoms with E-state index in [0.29, 0.717) is 6.04 Å². The molecular weight excluding hydrogens is 312 g/mol. The first kappa shape index (κ1) is 17.7. The summed E-state index contributed by atoms with van der Waals surface area (Å²) in [5, 5.41) is 0.806. The van der Waals surface area contributed by atoms with Gasteiger partial charge in [-0.15, -0.1) is 0 Å². The summed E-state index contributed by atoms with van der Waals surface area (Å²) in [6, 6.07) is 9.91. The monoisotopic (exact) mass is 336 g/mol. The number of carbonyl (C=O) groups is 2. The molecule has 1 aromatic carbocycles. The number of hydrogen-bond acceptors (Lipinski definition) is 5. The summed E-state index contributed by atoms with van der Waals surface area (Å²) in [6.45, 7) is 6.41. The Morgan fingerprint density at radius 3 is 2.13 bits per heavy atom. The second-order valence-electron chi connectivity index (χ2n) is 6.46. The molecular formula is C17H24O5Si. The van der Waals surface area contributed by atoms with Crippen LogP contribution in [-0.2, 0) is 23.2 Å². The fraction of sp³-hybridized carbons (Fsp3) is 0.529. The number of carbonyl (C=O) groups excluding carboxylic acids is 2. The zero-order chi connectivity index (χ0) is 16.9. The fourth-order valence-corrected chi connectivity index (χ4v) is 5.93. The molecule has 0 amide bonds. The van der Waals surface area contributed by atoms with Crippen molar-refractivity contribution in [3.8, 4) is 0 Å². The maximum atomic E-state index is 11.6. The zero-order valence-electron chi connectivity index (χ0n) is 14.0. The van der Waals surface area contributed by atoms with E-state index in [2.05, 4.69) is 6.92 Å². The van der Waals surface area contributed by atoms with Gasteiger partial charge in [0.1, 0.15) is 0 Å². The Morgan fingerprint density at radius 2 is 1.70 bits per heavy atom. The number of hydrogen-bond donors (Lipinski definition) is 0. The SMILES string of the molecule is CC(=O)O[Si](CCCC1(C)COC1)(OC(C)=O)c1ccccc1. The van der Waals surface area contributed by atoms with Crippen LogP contribution in [0, 0.1) is 5.41 Å². The van der Waals surface area contributed by atoms with Crippen molar-refractivity contribution in [2.24, 2.45) is 5.41 Å². The van der Waals surface area contributed by atoms with E-state index >= 15 is 0 Å². The maximum absolute atomic E-state index is 11.6. The predicted octanol–water partition coefficient (Wildman–Crippen LogP) is 2.28. The second kappa shape index (κ2) is 7.27. The van der Waals surface area contributed by atoms with Gasteiger partial charge in [-0.1, -0.05) is 37.3 Å². The summed E-state index contributed by atoms with van der Waals surface area (Å²) in [5.74, 6) is -0.833. The predicted molar refractivity (Wildman–Crippen MR) is 88.3 cm³/mol. The van der Waals surface area contributed by atoms with Crippen LogP contribution in [0.15, 0.2) is 30.3 Å². The highest BCUT2D eigenvalue weighted by Gasteiger charge is 2.46.